The van der Waals surface area contributed by atoms with Crippen molar-refractivity contribution >= 4 is 23.1 Å². The lowest BCUT2D eigenvalue weighted by atomic mass is 9.37. The van der Waals surface area contributed by atoms with Gasteiger partial charge in [0.05, 0.1) is 10.8 Å². The van der Waals surface area contributed by atoms with Crippen molar-refractivity contribution in [3.8, 4) is 11.5 Å². The molecule has 1 unspecified atom stereocenters. The number of Topliss-reactive ketones (excluding diaryl/α,β-unsaturated/α-hetero) is 4. The minimum atomic E-state index is -1.71. The molecule has 5 atom stereocenters. The Balaban J connectivity index is 2.41. The van der Waals surface area contributed by atoms with Crippen molar-refractivity contribution in [2.24, 2.45) is 34.0 Å². The number of carbonyl (C=O) groups excluding carboxylic acids is 4. The summed E-state index contributed by atoms with van der Waals surface area (Å²) in [5.74, 6) is -5.67. The highest BCUT2D eigenvalue weighted by molar-refractivity contribution is 6.38. The molecule has 232 valence electrons. The summed E-state index contributed by atoms with van der Waals surface area (Å²) in [6.07, 6.45) is 7.02. The Labute approximate surface area is 256 Å². The van der Waals surface area contributed by atoms with Gasteiger partial charge >= 0.3 is 0 Å². The van der Waals surface area contributed by atoms with Gasteiger partial charge in [-0.15, -0.1) is 0 Å². The second-order valence-corrected chi connectivity index (χ2v) is 14.1. The summed E-state index contributed by atoms with van der Waals surface area (Å²) in [5.41, 5.74) is -0.334. The molecule has 1 aromatic rings. The molecule has 1 aromatic carbocycles. The van der Waals surface area contributed by atoms with Gasteiger partial charge in [-0.2, -0.15) is 0 Å². The molecule has 0 aliphatic heterocycles. The molecule has 2 aliphatic rings. The second kappa shape index (κ2) is 12.2. The Morgan fingerprint density at radius 3 is 2.05 bits per heavy atom. The van der Waals surface area contributed by atoms with Crippen molar-refractivity contribution in [2.75, 3.05) is 0 Å². The van der Waals surface area contributed by atoms with E-state index in [2.05, 4.69) is 18.7 Å². The van der Waals surface area contributed by atoms with E-state index >= 15 is 4.79 Å². The van der Waals surface area contributed by atoms with Crippen molar-refractivity contribution in [3.05, 3.63) is 70.9 Å². The average Bonchev–Trinajstić information content (AvgIpc) is 2.89. The number of carbonyl (C=O) groups is 4. The van der Waals surface area contributed by atoms with Gasteiger partial charge in [-0.05, 0) is 110 Å². The number of rotatable bonds is 10. The van der Waals surface area contributed by atoms with Crippen molar-refractivity contribution in [2.45, 2.75) is 88.0 Å². The summed E-state index contributed by atoms with van der Waals surface area (Å²) in [6.45, 7) is 21.6. The first-order valence-corrected chi connectivity index (χ1v) is 15.1. The van der Waals surface area contributed by atoms with Crippen LogP contribution in [0.4, 0.5) is 0 Å². The molecular formula is C37H48O6. The van der Waals surface area contributed by atoms with Crippen LogP contribution in [-0.2, 0) is 14.4 Å². The highest BCUT2D eigenvalue weighted by Crippen LogP contribution is 2.65. The Bertz CT molecular complexity index is 1440. The predicted octanol–water partition coefficient (Wildman–Crippen LogP) is 7.90. The van der Waals surface area contributed by atoms with E-state index in [1.807, 2.05) is 68.4 Å². The number of aromatic hydroxyl groups is 2. The van der Waals surface area contributed by atoms with E-state index in [4.69, 9.17) is 0 Å². The largest absolute Gasteiger partial charge is 0.504 e. The minimum Gasteiger partial charge on any atom is -0.504 e. The SMILES string of the molecule is C=C(C)[C@@H](CC=C(C)C)C[C@@]12C[C@@H](C=C(C)C)C(C)(C)[C@@](CC=C(C)C)(C(=O)C(C(=O)c3ccc(O)c(O)c3)C1=O)C2=O. The molecule has 0 amide bonds. The van der Waals surface area contributed by atoms with Crippen LogP contribution >= 0.6 is 0 Å². The normalized spacial score (nSPS) is 26.8. The van der Waals surface area contributed by atoms with Gasteiger partial charge < -0.3 is 10.2 Å². The third kappa shape index (κ3) is 5.85. The summed E-state index contributed by atoms with van der Waals surface area (Å²) < 4.78 is 0. The summed E-state index contributed by atoms with van der Waals surface area (Å²) in [7, 11) is 0. The van der Waals surface area contributed by atoms with Gasteiger partial charge in [0.15, 0.2) is 34.6 Å². The first-order valence-electron chi connectivity index (χ1n) is 15.1. The highest BCUT2D eigenvalue weighted by Gasteiger charge is 2.75. The van der Waals surface area contributed by atoms with Crippen LogP contribution in [0.25, 0.3) is 0 Å². The number of benzene rings is 1. The van der Waals surface area contributed by atoms with Gasteiger partial charge in [0.1, 0.15) is 5.92 Å². The second-order valence-electron chi connectivity index (χ2n) is 14.1. The van der Waals surface area contributed by atoms with Crippen LogP contribution < -0.4 is 0 Å². The monoisotopic (exact) mass is 588 g/mol. The summed E-state index contributed by atoms with van der Waals surface area (Å²) >= 11 is 0. The number of allylic oxidation sites excluding steroid dienone is 7. The van der Waals surface area contributed by atoms with Gasteiger partial charge in [-0.1, -0.05) is 60.9 Å². The van der Waals surface area contributed by atoms with Crippen LogP contribution in [-0.4, -0.2) is 33.3 Å². The number of fused-ring (bicyclic) bond motifs is 2. The third-order valence-electron chi connectivity index (χ3n) is 9.81. The fourth-order valence-electron chi connectivity index (χ4n) is 7.12. The van der Waals surface area contributed by atoms with Crippen LogP contribution in [0.2, 0.25) is 0 Å². The molecular weight excluding hydrogens is 540 g/mol. The van der Waals surface area contributed by atoms with E-state index in [-0.39, 0.29) is 36.7 Å². The fourth-order valence-corrected chi connectivity index (χ4v) is 7.12. The van der Waals surface area contributed by atoms with Gasteiger partial charge in [0, 0.05) is 5.56 Å². The molecule has 0 saturated heterocycles. The molecule has 2 N–H and O–H groups in total. The van der Waals surface area contributed by atoms with E-state index < -0.39 is 56.8 Å². The number of hydrogen-bond donors (Lipinski definition) is 2. The lowest BCUT2D eigenvalue weighted by Crippen LogP contribution is -2.72. The predicted molar refractivity (Wildman–Crippen MR) is 170 cm³/mol. The molecule has 0 aromatic heterocycles. The number of ketones is 4. The molecule has 2 fully saturated rings. The molecule has 2 saturated carbocycles. The van der Waals surface area contributed by atoms with Crippen molar-refractivity contribution in [3.63, 3.8) is 0 Å². The first-order chi connectivity index (χ1) is 19.8. The van der Waals surface area contributed by atoms with Crippen LogP contribution in [0.3, 0.4) is 0 Å². The van der Waals surface area contributed by atoms with E-state index in [0.29, 0.717) is 6.42 Å². The Morgan fingerprint density at radius 2 is 1.53 bits per heavy atom. The van der Waals surface area contributed by atoms with E-state index in [9.17, 15) is 24.6 Å². The lowest BCUT2D eigenvalue weighted by Gasteiger charge is -2.61. The maximum absolute atomic E-state index is 15.1. The first kappa shape index (κ1) is 34.0. The van der Waals surface area contributed by atoms with Gasteiger partial charge in [-0.3, -0.25) is 19.2 Å². The van der Waals surface area contributed by atoms with Crippen molar-refractivity contribution in [1.82, 2.24) is 0 Å². The molecule has 0 radical (unpaired) electrons. The number of phenols is 2. The smallest absolute Gasteiger partial charge is 0.181 e. The highest BCUT2D eigenvalue weighted by atomic mass is 16.3. The number of hydrogen-bond acceptors (Lipinski definition) is 6. The van der Waals surface area contributed by atoms with E-state index in [1.165, 1.54) is 6.07 Å². The van der Waals surface area contributed by atoms with Crippen molar-refractivity contribution < 1.29 is 29.4 Å². The molecule has 2 aliphatic carbocycles. The Morgan fingerprint density at radius 1 is 0.930 bits per heavy atom. The lowest BCUT2D eigenvalue weighted by molar-refractivity contribution is -0.182. The Hall–Kier alpha value is -3.54. The molecule has 2 bridgehead atoms. The van der Waals surface area contributed by atoms with Crippen LogP contribution in [0.15, 0.2) is 65.3 Å². The van der Waals surface area contributed by atoms with Gasteiger partial charge in [0.25, 0.3) is 0 Å². The summed E-state index contributed by atoms with van der Waals surface area (Å²) in [6, 6.07) is 3.52. The summed E-state index contributed by atoms with van der Waals surface area (Å²) in [5, 5.41) is 20.0. The topological polar surface area (TPSA) is 109 Å². The van der Waals surface area contributed by atoms with Gasteiger partial charge in [-0.25, -0.2) is 0 Å². The zero-order valence-electron chi connectivity index (χ0n) is 27.3. The fraction of sp³-hybridized carbons (Fsp3) is 0.514. The van der Waals surface area contributed by atoms with Crippen molar-refractivity contribution in [1.29, 1.82) is 0 Å². The zero-order valence-corrected chi connectivity index (χ0v) is 27.3. The van der Waals surface area contributed by atoms with Crippen LogP contribution in [0.5, 0.6) is 11.5 Å². The molecule has 6 heteroatoms. The summed E-state index contributed by atoms with van der Waals surface area (Å²) in [4.78, 5) is 58.9. The maximum atomic E-state index is 15.1. The minimum absolute atomic E-state index is 0.0680. The maximum Gasteiger partial charge on any atom is 0.181 e. The molecule has 3 rings (SSSR count). The van der Waals surface area contributed by atoms with Crippen LogP contribution in [0.1, 0.15) is 98.4 Å². The number of phenolic OH excluding ortho intramolecular Hbond substituents is 2. The van der Waals surface area contributed by atoms with E-state index in [1.54, 1.807) is 0 Å². The molecule has 6 nitrogen and oxygen atoms in total. The molecule has 0 heterocycles. The van der Waals surface area contributed by atoms with Gasteiger partial charge in [0.2, 0.25) is 0 Å². The van der Waals surface area contributed by atoms with Crippen LogP contribution in [0, 0.1) is 34.0 Å². The van der Waals surface area contributed by atoms with E-state index in [0.717, 1.165) is 34.4 Å². The third-order valence-corrected chi connectivity index (χ3v) is 9.81. The Kier molecular flexibility index (Phi) is 9.65. The molecule has 43 heavy (non-hydrogen) atoms. The molecule has 0 spiro atoms. The quantitative estimate of drug-likeness (QED) is 0.124. The standard InChI is InChI=1S/C37H48O6/c1-21(2)11-12-26(24(7)8)19-36-20-27(17-23(5)6)35(9,10)37(34(36)43,16-15-22(3)4)33(42)30(32(36)41)31(40)25-13-14-28(38)29(39)18-25/h11,13-15,17-18,26-27,30,38-39H,7,12,16,19-20H2,1-6,8-10H3/t26-,27+,30?,36+,37-/m0/s1. The average molecular weight is 589 g/mol. The zero-order chi connectivity index (χ0) is 32.7.